The molecule has 0 radical (unpaired) electrons. The van der Waals surface area contributed by atoms with Crippen molar-refractivity contribution in [1.82, 2.24) is 9.55 Å². The number of hydrogen-bond acceptors (Lipinski definition) is 3. The van der Waals surface area contributed by atoms with Gasteiger partial charge in [-0.15, -0.1) is 0 Å². The van der Waals surface area contributed by atoms with E-state index in [0.717, 1.165) is 11.1 Å². The molecule has 3 rings (SSSR count). The second-order valence-electron chi connectivity index (χ2n) is 6.19. The number of anilines is 1. The van der Waals surface area contributed by atoms with Crippen LogP contribution in [0.4, 0.5) is 5.69 Å². The summed E-state index contributed by atoms with van der Waals surface area (Å²) >= 11 is 12.0. The second-order valence-corrected chi connectivity index (χ2v) is 8.58. The number of allylic oxidation sites excluding steroid dienone is 2. The number of aromatic nitrogens is 2. The van der Waals surface area contributed by atoms with Crippen LogP contribution in [-0.4, -0.2) is 18.0 Å². The Bertz CT molecular complexity index is 1170. The molecule has 0 aliphatic rings. The molecular weight excluding hydrogens is 429 g/mol. The largest absolute Gasteiger partial charge is 0.288 e. The molecule has 3 aromatic rings. The summed E-state index contributed by atoms with van der Waals surface area (Å²) in [7, 11) is -3.75. The number of hydrogen-bond donors (Lipinski definition) is 1. The molecular formula is C21H19Cl2N3O2S. The van der Waals surface area contributed by atoms with E-state index in [0.29, 0.717) is 17.8 Å². The van der Waals surface area contributed by atoms with Gasteiger partial charge in [0.15, 0.2) is 10.3 Å². The van der Waals surface area contributed by atoms with Gasteiger partial charge < -0.3 is 0 Å². The van der Waals surface area contributed by atoms with Crippen LogP contribution in [0.5, 0.6) is 0 Å². The van der Waals surface area contributed by atoms with Crippen LogP contribution in [0.3, 0.4) is 0 Å². The smallest absolute Gasteiger partial charge is 0.261 e. The van der Waals surface area contributed by atoms with Gasteiger partial charge in [0, 0.05) is 11.4 Å². The molecule has 0 atom stereocenters. The minimum atomic E-state index is -3.75. The van der Waals surface area contributed by atoms with E-state index < -0.39 is 10.0 Å². The van der Waals surface area contributed by atoms with Crippen molar-refractivity contribution in [1.29, 1.82) is 0 Å². The summed E-state index contributed by atoms with van der Waals surface area (Å²) in [5.74, 6) is 0. The van der Waals surface area contributed by atoms with Gasteiger partial charge in [-0.3, -0.25) is 9.29 Å². The number of rotatable bonds is 7. The third-order valence-corrected chi connectivity index (χ3v) is 6.40. The molecule has 1 aromatic heterocycles. The molecule has 0 aliphatic heterocycles. The first-order valence-corrected chi connectivity index (χ1v) is 11.0. The molecule has 0 bridgehead atoms. The van der Waals surface area contributed by atoms with Crippen LogP contribution < -0.4 is 4.72 Å². The Kier molecular flexibility index (Phi) is 6.47. The van der Waals surface area contributed by atoms with E-state index in [2.05, 4.69) is 16.3 Å². The van der Waals surface area contributed by atoms with Crippen LogP contribution in [0.25, 0.3) is 11.8 Å². The molecule has 0 saturated heterocycles. The van der Waals surface area contributed by atoms with E-state index in [9.17, 15) is 8.42 Å². The van der Waals surface area contributed by atoms with Gasteiger partial charge in [-0.1, -0.05) is 54.1 Å². The average Bonchev–Trinajstić information content (AvgIpc) is 3.05. The van der Waals surface area contributed by atoms with Crippen molar-refractivity contribution in [3.8, 4) is 5.69 Å². The fraction of sp³-hybridized carbons (Fsp3) is 0.0952. The Morgan fingerprint density at radius 2 is 1.90 bits per heavy atom. The molecule has 0 unspecified atom stereocenters. The molecule has 29 heavy (non-hydrogen) atoms. The number of sulfonamides is 1. The van der Waals surface area contributed by atoms with Gasteiger partial charge in [-0.05, 0) is 60.9 Å². The van der Waals surface area contributed by atoms with Crippen LogP contribution in [-0.2, 0) is 16.4 Å². The normalized spacial score (nSPS) is 11.7. The van der Waals surface area contributed by atoms with Gasteiger partial charge in [0.2, 0.25) is 0 Å². The number of imidazole rings is 1. The quantitative estimate of drug-likeness (QED) is 0.469. The molecule has 5 nitrogen and oxygen atoms in total. The van der Waals surface area contributed by atoms with Crippen LogP contribution in [0, 0.1) is 0 Å². The lowest BCUT2D eigenvalue weighted by Crippen LogP contribution is -2.13. The van der Waals surface area contributed by atoms with Gasteiger partial charge in [-0.25, -0.2) is 13.4 Å². The zero-order valence-electron chi connectivity index (χ0n) is 15.6. The molecule has 0 spiro atoms. The maximum Gasteiger partial charge on any atom is 0.261 e. The van der Waals surface area contributed by atoms with E-state index in [1.807, 2.05) is 19.1 Å². The average molecular weight is 448 g/mol. The fourth-order valence-electron chi connectivity index (χ4n) is 2.76. The minimum absolute atomic E-state index is 0.171. The lowest BCUT2D eigenvalue weighted by Gasteiger charge is -2.12. The maximum absolute atomic E-state index is 12.8. The van der Waals surface area contributed by atoms with Crippen molar-refractivity contribution in [2.24, 2.45) is 0 Å². The molecule has 8 heteroatoms. The number of benzene rings is 2. The highest BCUT2D eigenvalue weighted by Crippen LogP contribution is 2.25. The second kappa shape index (κ2) is 8.86. The third kappa shape index (κ3) is 4.72. The summed E-state index contributed by atoms with van der Waals surface area (Å²) < 4.78 is 29.8. The molecule has 0 fully saturated rings. The lowest BCUT2D eigenvalue weighted by molar-refractivity contribution is 0.601. The first-order chi connectivity index (χ1) is 13.9. The van der Waals surface area contributed by atoms with Crippen molar-refractivity contribution in [3.05, 3.63) is 89.0 Å². The molecule has 0 saturated carbocycles. The first-order valence-electron chi connectivity index (χ1n) is 8.74. The zero-order valence-corrected chi connectivity index (χ0v) is 18.0. The van der Waals surface area contributed by atoms with Crippen LogP contribution in [0.2, 0.25) is 10.3 Å². The van der Waals surface area contributed by atoms with Crippen LogP contribution in [0.1, 0.15) is 18.1 Å². The van der Waals surface area contributed by atoms with Crippen LogP contribution >= 0.6 is 23.2 Å². The van der Waals surface area contributed by atoms with E-state index in [-0.39, 0.29) is 15.2 Å². The summed E-state index contributed by atoms with van der Waals surface area (Å²) in [6.07, 6.45) is 7.83. The van der Waals surface area contributed by atoms with Gasteiger partial charge in [0.25, 0.3) is 10.0 Å². The summed E-state index contributed by atoms with van der Waals surface area (Å²) in [6, 6.07) is 11.7. The molecule has 1 N–H and O–H groups in total. The Labute approximate surface area is 180 Å². The number of halogens is 2. The summed E-state index contributed by atoms with van der Waals surface area (Å²) in [5, 5.41) is 0.488. The summed E-state index contributed by atoms with van der Waals surface area (Å²) in [4.78, 5) is 4.10. The van der Waals surface area contributed by atoms with Gasteiger partial charge in [-0.2, -0.15) is 0 Å². The highest BCUT2D eigenvalue weighted by Gasteiger charge is 2.16. The fourth-order valence-corrected chi connectivity index (χ4v) is 4.18. The SMILES string of the molecule is C=Cc1cc(S(=O)(=O)Nc2ccc(-n3cnc(Cl)c3Cl)cc2)ccc1C/C=C\C. The van der Waals surface area contributed by atoms with E-state index >= 15 is 0 Å². The Balaban J connectivity index is 1.84. The third-order valence-electron chi connectivity index (χ3n) is 4.29. The Hall–Kier alpha value is -2.54. The molecule has 150 valence electrons. The highest BCUT2D eigenvalue weighted by molar-refractivity contribution is 7.92. The molecule has 0 aliphatic carbocycles. The van der Waals surface area contributed by atoms with Crippen molar-refractivity contribution in [2.45, 2.75) is 18.2 Å². The van der Waals surface area contributed by atoms with Gasteiger partial charge >= 0.3 is 0 Å². The predicted molar refractivity (Wildman–Crippen MR) is 119 cm³/mol. The van der Waals surface area contributed by atoms with E-state index in [1.54, 1.807) is 53.1 Å². The molecule has 1 heterocycles. The monoisotopic (exact) mass is 447 g/mol. The predicted octanol–water partition coefficient (Wildman–Crippen LogP) is 5.74. The Morgan fingerprint density at radius 3 is 2.48 bits per heavy atom. The van der Waals surface area contributed by atoms with Crippen molar-refractivity contribution in [2.75, 3.05) is 4.72 Å². The Morgan fingerprint density at radius 1 is 1.17 bits per heavy atom. The van der Waals surface area contributed by atoms with Crippen molar-refractivity contribution < 1.29 is 8.42 Å². The van der Waals surface area contributed by atoms with E-state index in [4.69, 9.17) is 23.2 Å². The van der Waals surface area contributed by atoms with Gasteiger partial charge in [0.05, 0.1) is 4.90 Å². The highest BCUT2D eigenvalue weighted by atomic mass is 35.5. The zero-order chi connectivity index (χ0) is 21.0. The summed E-state index contributed by atoms with van der Waals surface area (Å²) in [5.41, 5.74) is 2.93. The lowest BCUT2D eigenvalue weighted by atomic mass is 10.0. The summed E-state index contributed by atoms with van der Waals surface area (Å²) in [6.45, 7) is 5.73. The first kappa shape index (κ1) is 21.2. The van der Waals surface area contributed by atoms with Crippen molar-refractivity contribution in [3.63, 3.8) is 0 Å². The van der Waals surface area contributed by atoms with Crippen molar-refractivity contribution >= 4 is 45.0 Å². The van der Waals surface area contributed by atoms with E-state index in [1.165, 1.54) is 6.33 Å². The topological polar surface area (TPSA) is 64.0 Å². The number of nitrogens with zero attached hydrogens (tertiary/aromatic N) is 2. The maximum atomic E-state index is 12.8. The standard InChI is InChI=1S/C21H19Cl2N3O2S/c1-3-5-6-16-7-12-19(13-15(16)4-2)29(27,28)25-17-8-10-18(11-9-17)26-14-24-20(22)21(26)23/h3-5,7-14,25H,2,6H2,1H3/b5-3-. The molecule has 2 aromatic carbocycles. The van der Waals surface area contributed by atoms with Crippen LogP contribution in [0.15, 0.2) is 72.4 Å². The number of nitrogens with one attached hydrogen (secondary N) is 1. The van der Waals surface area contributed by atoms with Gasteiger partial charge in [0.1, 0.15) is 6.33 Å². The molecule has 0 amide bonds. The minimum Gasteiger partial charge on any atom is -0.288 e.